The van der Waals surface area contributed by atoms with Crippen LogP contribution in [0, 0.1) is 0 Å². The van der Waals surface area contributed by atoms with Gasteiger partial charge in [0.2, 0.25) is 0 Å². The number of hydrogen-bond acceptors (Lipinski definition) is 4. The van der Waals surface area contributed by atoms with Crippen molar-refractivity contribution in [3.8, 4) is 0 Å². The second-order valence-electron chi connectivity index (χ2n) is 4.55. The summed E-state index contributed by atoms with van der Waals surface area (Å²) in [4.78, 5) is 16.5. The molecular formula is C13H13Cl2N3OS. The zero-order valence-corrected chi connectivity index (χ0v) is 13.2. The molecule has 0 aliphatic heterocycles. The predicted molar refractivity (Wildman–Crippen MR) is 85.0 cm³/mol. The van der Waals surface area contributed by atoms with Crippen LogP contribution < -0.4 is 11.1 Å². The van der Waals surface area contributed by atoms with Crippen molar-refractivity contribution in [3.05, 3.63) is 38.8 Å². The zero-order valence-electron chi connectivity index (χ0n) is 10.9. The molecular weight excluding hydrogens is 317 g/mol. The largest absolute Gasteiger partial charge is 0.399 e. The summed E-state index contributed by atoms with van der Waals surface area (Å²) >= 11 is 13.3. The minimum Gasteiger partial charge on any atom is -0.399 e. The van der Waals surface area contributed by atoms with Crippen LogP contribution in [0.3, 0.4) is 0 Å². The van der Waals surface area contributed by atoms with Gasteiger partial charge in [-0.3, -0.25) is 10.1 Å². The molecule has 7 heteroatoms. The molecule has 0 aliphatic carbocycles. The Hall–Kier alpha value is -1.30. The fourth-order valence-electron chi connectivity index (χ4n) is 1.55. The summed E-state index contributed by atoms with van der Waals surface area (Å²) in [5.74, 6) is -0.0730. The molecule has 0 radical (unpaired) electrons. The highest BCUT2D eigenvalue weighted by molar-refractivity contribution is 7.14. The lowest BCUT2D eigenvalue weighted by Crippen LogP contribution is -2.13. The fraction of sp³-hybridized carbons (Fsp3) is 0.231. The third-order valence-corrected chi connectivity index (χ3v) is 4.21. The van der Waals surface area contributed by atoms with Crippen molar-refractivity contribution in [2.45, 2.75) is 19.8 Å². The number of carbonyl (C=O) groups excluding carboxylic acids is 1. The molecule has 1 aromatic carbocycles. The predicted octanol–water partition coefficient (Wildman–Crippen LogP) is 4.41. The number of nitrogen functional groups attached to an aromatic ring is 1. The summed E-state index contributed by atoms with van der Waals surface area (Å²) in [5.41, 5.74) is 7.21. The van der Waals surface area contributed by atoms with Crippen LogP contribution >= 0.6 is 34.5 Å². The maximum Gasteiger partial charge on any atom is 0.259 e. The van der Waals surface area contributed by atoms with Crippen LogP contribution in [0.2, 0.25) is 10.0 Å². The number of rotatable bonds is 3. The molecule has 1 heterocycles. The highest BCUT2D eigenvalue weighted by Crippen LogP contribution is 2.30. The van der Waals surface area contributed by atoms with Crippen LogP contribution in [-0.2, 0) is 0 Å². The van der Waals surface area contributed by atoms with Crippen molar-refractivity contribution in [1.29, 1.82) is 0 Å². The molecule has 0 fully saturated rings. The number of anilines is 2. The quantitative estimate of drug-likeness (QED) is 0.819. The van der Waals surface area contributed by atoms with Crippen molar-refractivity contribution in [2.24, 2.45) is 0 Å². The molecule has 20 heavy (non-hydrogen) atoms. The van der Waals surface area contributed by atoms with Crippen molar-refractivity contribution < 1.29 is 4.79 Å². The first-order chi connectivity index (χ1) is 9.38. The maximum atomic E-state index is 12.2. The van der Waals surface area contributed by atoms with Crippen LogP contribution in [0.1, 0.15) is 35.8 Å². The molecule has 1 aromatic heterocycles. The van der Waals surface area contributed by atoms with E-state index < -0.39 is 0 Å². The molecule has 0 aliphatic rings. The van der Waals surface area contributed by atoms with E-state index in [1.54, 1.807) is 0 Å². The Bertz CT molecular complexity index is 655. The van der Waals surface area contributed by atoms with Gasteiger partial charge in [-0.25, -0.2) is 4.98 Å². The number of benzene rings is 1. The van der Waals surface area contributed by atoms with Gasteiger partial charge >= 0.3 is 0 Å². The van der Waals surface area contributed by atoms with Crippen molar-refractivity contribution in [1.82, 2.24) is 4.98 Å². The Morgan fingerprint density at radius 1 is 1.40 bits per heavy atom. The lowest BCUT2D eigenvalue weighted by atomic mass is 10.2. The second-order valence-corrected chi connectivity index (χ2v) is 6.19. The number of nitrogens with zero attached hydrogens (tertiary/aromatic N) is 1. The number of carbonyl (C=O) groups is 1. The Kier molecular flexibility index (Phi) is 4.52. The Morgan fingerprint density at radius 2 is 2.10 bits per heavy atom. The molecule has 0 atom stereocenters. The highest BCUT2D eigenvalue weighted by Gasteiger charge is 2.16. The van der Waals surface area contributed by atoms with Crippen molar-refractivity contribution >= 4 is 51.3 Å². The summed E-state index contributed by atoms with van der Waals surface area (Å²) in [6, 6.07) is 2.99. The standard InChI is InChI=1S/C13H13Cl2N3OS/c1-6(2)10-5-20-13(17-10)18-12(19)8-3-7(16)4-9(14)11(8)15/h3-6H,16H2,1-2H3,(H,17,18,19). The first-order valence-corrected chi connectivity index (χ1v) is 7.53. The van der Waals surface area contributed by atoms with E-state index in [0.717, 1.165) is 5.69 Å². The first kappa shape index (κ1) is 15.1. The number of amides is 1. The van der Waals surface area contributed by atoms with Gasteiger partial charge < -0.3 is 5.73 Å². The second kappa shape index (κ2) is 5.99. The monoisotopic (exact) mass is 329 g/mol. The minimum atomic E-state index is -0.381. The highest BCUT2D eigenvalue weighted by atomic mass is 35.5. The van der Waals surface area contributed by atoms with Gasteiger partial charge in [-0.15, -0.1) is 11.3 Å². The van der Waals surface area contributed by atoms with Gasteiger partial charge in [-0.1, -0.05) is 37.0 Å². The van der Waals surface area contributed by atoms with Gasteiger partial charge in [-0.2, -0.15) is 0 Å². The summed E-state index contributed by atoms with van der Waals surface area (Å²) in [6.07, 6.45) is 0. The minimum absolute atomic E-state index is 0.180. The third kappa shape index (κ3) is 3.23. The molecule has 2 rings (SSSR count). The SMILES string of the molecule is CC(C)c1csc(NC(=O)c2cc(N)cc(Cl)c2Cl)n1. The maximum absolute atomic E-state index is 12.2. The molecule has 1 amide bonds. The van der Waals surface area contributed by atoms with Crippen LogP contribution in [0.4, 0.5) is 10.8 Å². The first-order valence-electron chi connectivity index (χ1n) is 5.89. The lowest BCUT2D eigenvalue weighted by molar-refractivity contribution is 0.102. The summed E-state index contributed by atoms with van der Waals surface area (Å²) < 4.78 is 0. The fourth-order valence-corrected chi connectivity index (χ4v) is 2.84. The number of nitrogens with two attached hydrogens (primary N) is 1. The van der Waals surface area contributed by atoms with E-state index in [0.29, 0.717) is 16.7 Å². The van der Waals surface area contributed by atoms with Gasteiger partial charge in [0.1, 0.15) is 0 Å². The van der Waals surface area contributed by atoms with Gasteiger partial charge in [0.15, 0.2) is 5.13 Å². The summed E-state index contributed by atoms with van der Waals surface area (Å²) in [5, 5.41) is 5.56. The Morgan fingerprint density at radius 3 is 2.70 bits per heavy atom. The van der Waals surface area contributed by atoms with Crippen LogP contribution in [0.5, 0.6) is 0 Å². The number of hydrogen-bond donors (Lipinski definition) is 2. The van der Waals surface area contributed by atoms with E-state index in [1.807, 2.05) is 19.2 Å². The Labute approximate surface area is 130 Å². The molecule has 2 aromatic rings. The van der Waals surface area contributed by atoms with E-state index in [1.165, 1.54) is 23.5 Å². The molecule has 0 unspecified atom stereocenters. The molecule has 0 saturated heterocycles. The van der Waals surface area contributed by atoms with E-state index in [9.17, 15) is 4.79 Å². The van der Waals surface area contributed by atoms with Gasteiger partial charge in [0.05, 0.1) is 21.3 Å². The normalized spacial score (nSPS) is 10.8. The molecule has 0 spiro atoms. The van der Waals surface area contributed by atoms with E-state index in [4.69, 9.17) is 28.9 Å². The van der Waals surface area contributed by atoms with Crippen molar-refractivity contribution in [3.63, 3.8) is 0 Å². The molecule has 3 N–H and O–H groups in total. The van der Waals surface area contributed by atoms with Crippen molar-refractivity contribution in [2.75, 3.05) is 11.1 Å². The molecule has 0 bridgehead atoms. The number of thiazole rings is 1. The number of nitrogens with one attached hydrogen (secondary N) is 1. The summed E-state index contributed by atoms with van der Waals surface area (Å²) in [6.45, 7) is 4.07. The average molecular weight is 330 g/mol. The van der Waals surface area contributed by atoms with E-state index in [-0.39, 0.29) is 21.5 Å². The van der Waals surface area contributed by atoms with Crippen LogP contribution in [0.15, 0.2) is 17.5 Å². The van der Waals surface area contributed by atoms with Crippen LogP contribution in [0.25, 0.3) is 0 Å². The summed E-state index contributed by atoms with van der Waals surface area (Å²) in [7, 11) is 0. The number of aromatic nitrogens is 1. The smallest absolute Gasteiger partial charge is 0.259 e. The molecule has 106 valence electrons. The molecule has 4 nitrogen and oxygen atoms in total. The Balaban J connectivity index is 2.23. The zero-order chi connectivity index (χ0) is 14.9. The van der Waals surface area contributed by atoms with Gasteiger partial charge in [0, 0.05) is 11.1 Å². The number of halogens is 2. The van der Waals surface area contributed by atoms with E-state index >= 15 is 0 Å². The van der Waals surface area contributed by atoms with Gasteiger partial charge in [0.25, 0.3) is 5.91 Å². The lowest BCUT2D eigenvalue weighted by Gasteiger charge is -2.07. The van der Waals surface area contributed by atoms with Gasteiger partial charge in [-0.05, 0) is 18.1 Å². The third-order valence-electron chi connectivity index (χ3n) is 2.63. The topological polar surface area (TPSA) is 68.0 Å². The molecule has 0 saturated carbocycles. The average Bonchev–Trinajstić information content (AvgIpc) is 2.82. The van der Waals surface area contributed by atoms with E-state index in [2.05, 4.69) is 10.3 Å². The van der Waals surface area contributed by atoms with Crippen LogP contribution in [-0.4, -0.2) is 10.9 Å².